The molecule has 116 valence electrons. The van der Waals surface area contributed by atoms with Crippen LogP contribution in [-0.4, -0.2) is 49.7 Å². The Kier molecular flexibility index (Phi) is 4.76. The van der Waals surface area contributed by atoms with Crippen molar-refractivity contribution in [3.05, 3.63) is 24.0 Å². The molecule has 2 aliphatic rings. The molecule has 0 amide bonds. The van der Waals surface area contributed by atoms with Gasteiger partial charge in [-0.15, -0.1) is 0 Å². The molecule has 2 heterocycles. The van der Waals surface area contributed by atoms with E-state index in [1.54, 1.807) is 0 Å². The standard InChI is InChI=1S/C17H28N4/c1-20-9-6-14(7-10-20)13-21(2)17-5-8-18-11-15(17)12-19-16-3-4-16/h5,8,11,14,16,19H,3-4,6-7,9-10,12-13H2,1-2H3. The third-order valence-corrected chi connectivity index (χ3v) is 4.82. The third-order valence-electron chi connectivity index (χ3n) is 4.82. The lowest BCUT2D eigenvalue weighted by atomic mass is 9.96. The first-order valence-electron chi connectivity index (χ1n) is 8.28. The predicted octanol–water partition coefficient (Wildman–Crippen LogP) is 2.11. The summed E-state index contributed by atoms with van der Waals surface area (Å²) in [6, 6.07) is 2.91. The topological polar surface area (TPSA) is 31.4 Å². The lowest BCUT2D eigenvalue weighted by molar-refractivity contribution is 0.222. The first kappa shape index (κ1) is 14.8. The summed E-state index contributed by atoms with van der Waals surface area (Å²) in [5, 5.41) is 3.60. The maximum Gasteiger partial charge on any atom is 0.0440 e. The number of piperidine rings is 1. The van der Waals surface area contributed by atoms with E-state index in [1.165, 1.54) is 50.0 Å². The first-order chi connectivity index (χ1) is 10.2. The monoisotopic (exact) mass is 288 g/mol. The summed E-state index contributed by atoms with van der Waals surface area (Å²) < 4.78 is 0. The lowest BCUT2D eigenvalue weighted by Crippen LogP contribution is -2.36. The largest absolute Gasteiger partial charge is 0.374 e. The Balaban J connectivity index is 1.58. The highest BCUT2D eigenvalue weighted by Crippen LogP contribution is 2.24. The molecule has 0 spiro atoms. The fourth-order valence-corrected chi connectivity index (χ4v) is 3.20. The summed E-state index contributed by atoms with van der Waals surface area (Å²) in [5.74, 6) is 0.823. The Hall–Kier alpha value is -1.13. The number of rotatable bonds is 6. The van der Waals surface area contributed by atoms with Crippen LogP contribution in [-0.2, 0) is 6.54 Å². The van der Waals surface area contributed by atoms with Gasteiger partial charge in [0.2, 0.25) is 0 Å². The van der Waals surface area contributed by atoms with Crippen LogP contribution in [0.2, 0.25) is 0 Å². The molecule has 21 heavy (non-hydrogen) atoms. The van der Waals surface area contributed by atoms with E-state index in [9.17, 15) is 0 Å². The van der Waals surface area contributed by atoms with Crippen molar-refractivity contribution >= 4 is 5.69 Å². The van der Waals surface area contributed by atoms with Gasteiger partial charge >= 0.3 is 0 Å². The van der Waals surface area contributed by atoms with Gasteiger partial charge in [-0.25, -0.2) is 0 Å². The van der Waals surface area contributed by atoms with Crippen molar-refractivity contribution < 1.29 is 0 Å². The minimum absolute atomic E-state index is 0.747. The average Bonchev–Trinajstić information content (AvgIpc) is 3.32. The van der Waals surface area contributed by atoms with Crippen LogP contribution in [0.1, 0.15) is 31.2 Å². The summed E-state index contributed by atoms with van der Waals surface area (Å²) in [6.07, 6.45) is 9.25. The smallest absolute Gasteiger partial charge is 0.0440 e. The van der Waals surface area contributed by atoms with Crippen molar-refractivity contribution in [3.63, 3.8) is 0 Å². The van der Waals surface area contributed by atoms with Gasteiger partial charge in [0.05, 0.1) is 0 Å². The molecule has 0 atom stereocenters. The van der Waals surface area contributed by atoms with Crippen LogP contribution in [0, 0.1) is 5.92 Å². The van der Waals surface area contributed by atoms with Crippen molar-refractivity contribution in [2.45, 2.75) is 38.3 Å². The van der Waals surface area contributed by atoms with Crippen molar-refractivity contribution in [1.82, 2.24) is 15.2 Å². The SMILES string of the molecule is CN1CCC(CN(C)c2ccncc2CNC2CC2)CC1. The van der Waals surface area contributed by atoms with Gasteiger partial charge in [0.25, 0.3) is 0 Å². The quantitative estimate of drug-likeness (QED) is 0.869. The van der Waals surface area contributed by atoms with Crippen molar-refractivity contribution in [2.24, 2.45) is 5.92 Å². The first-order valence-corrected chi connectivity index (χ1v) is 8.28. The summed E-state index contributed by atoms with van der Waals surface area (Å²) in [5.41, 5.74) is 2.68. The molecule has 3 rings (SSSR count). The molecule has 1 aromatic rings. The van der Waals surface area contributed by atoms with Crippen molar-refractivity contribution in [3.8, 4) is 0 Å². The Bertz CT molecular complexity index is 450. The third kappa shape index (κ3) is 4.17. The molecule has 4 heteroatoms. The Morgan fingerprint density at radius 2 is 2.05 bits per heavy atom. The van der Waals surface area contributed by atoms with Crippen LogP contribution < -0.4 is 10.2 Å². The summed E-state index contributed by atoms with van der Waals surface area (Å²) in [4.78, 5) is 9.18. The fraction of sp³-hybridized carbons (Fsp3) is 0.706. The highest BCUT2D eigenvalue weighted by atomic mass is 15.1. The fourth-order valence-electron chi connectivity index (χ4n) is 3.20. The number of nitrogens with one attached hydrogen (secondary N) is 1. The molecule has 4 nitrogen and oxygen atoms in total. The number of likely N-dealkylation sites (tertiary alicyclic amines) is 1. The van der Waals surface area contributed by atoms with Gasteiger partial charge in [0.1, 0.15) is 0 Å². The molecular formula is C17H28N4. The van der Waals surface area contributed by atoms with Crippen LogP contribution in [0.25, 0.3) is 0 Å². The molecule has 1 aromatic heterocycles. The number of pyridine rings is 1. The number of hydrogen-bond donors (Lipinski definition) is 1. The molecular weight excluding hydrogens is 260 g/mol. The van der Waals surface area contributed by atoms with E-state index in [-0.39, 0.29) is 0 Å². The second-order valence-electron chi connectivity index (χ2n) is 6.79. The molecule has 0 radical (unpaired) electrons. The Morgan fingerprint density at radius 3 is 2.76 bits per heavy atom. The van der Waals surface area contributed by atoms with E-state index < -0.39 is 0 Å². The molecule has 1 aliphatic carbocycles. The van der Waals surface area contributed by atoms with Crippen molar-refractivity contribution in [2.75, 3.05) is 38.6 Å². The van der Waals surface area contributed by atoms with Gasteiger partial charge in [0.15, 0.2) is 0 Å². The highest BCUT2D eigenvalue weighted by molar-refractivity contribution is 5.51. The molecule has 0 bridgehead atoms. The van der Waals surface area contributed by atoms with E-state index in [0.29, 0.717) is 0 Å². The van der Waals surface area contributed by atoms with Gasteiger partial charge in [0, 0.05) is 49.8 Å². The van der Waals surface area contributed by atoms with E-state index in [2.05, 4.69) is 40.3 Å². The molecule has 2 fully saturated rings. The molecule has 1 N–H and O–H groups in total. The summed E-state index contributed by atoms with van der Waals surface area (Å²) in [6.45, 7) is 4.59. The van der Waals surface area contributed by atoms with Crippen LogP contribution in [0.4, 0.5) is 5.69 Å². The van der Waals surface area contributed by atoms with Gasteiger partial charge in [-0.05, 0) is 57.8 Å². The van der Waals surface area contributed by atoms with Gasteiger partial charge < -0.3 is 15.1 Å². The maximum atomic E-state index is 4.31. The molecule has 0 unspecified atom stereocenters. The van der Waals surface area contributed by atoms with E-state index in [1.807, 2.05) is 12.4 Å². The second-order valence-corrected chi connectivity index (χ2v) is 6.79. The van der Waals surface area contributed by atoms with Gasteiger partial charge in [-0.1, -0.05) is 0 Å². The molecule has 0 aromatic carbocycles. The van der Waals surface area contributed by atoms with E-state index in [0.717, 1.165) is 25.0 Å². The predicted molar refractivity (Wildman–Crippen MR) is 87.6 cm³/mol. The van der Waals surface area contributed by atoms with E-state index in [4.69, 9.17) is 0 Å². The second kappa shape index (κ2) is 6.75. The molecule has 1 saturated carbocycles. The zero-order valence-corrected chi connectivity index (χ0v) is 13.4. The van der Waals surface area contributed by atoms with Crippen LogP contribution in [0.15, 0.2) is 18.5 Å². The average molecular weight is 288 g/mol. The van der Waals surface area contributed by atoms with Crippen molar-refractivity contribution in [1.29, 1.82) is 0 Å². The van der Waals surface area contributed by atoms with Crippen LogP contribution >= 0.6 is 0 Å². The number of aromatic nitrogens is 1. The number of nitrogens with zero attached hydrogens (tertiary/aromatic N) is 3. The minimum atomic E-state index is 0.747. The maximum absolute atomic E-state index is 4.31. The molecule has 1 saturated heterocycles. The summed E-state index contributed by atoms with van der Waals surface area (Å²) >= 11 is 0. The normalized spacial score (nSPS) is 20.7. The number of hydrogen-bond acceptors (Lipinski definition) is 4. The lowest BCUT2D eigenvalue weighted by Gasteiger charge is -2.33. The Labute approximate surface area is 128 Å². The van der Waals surface area contributed by atoms with Gasteiger partial charge in [-0.2, -0.15) is 0 Å². The Morgan fingerprint density at radius 1 is 1.29 bits per heavy atom. The highest BCUT2D eigenvalue weighted by Gasteiger charge is 2.22. The van der Waals surface area contributed by atoms with E-state index >= 15 is 0 Å². The van der Waals surface area contributed by atoms with Crippen LogP contribution in [0.5, 0.6) is 0 Å². The summed E-state index contributed by atoms with van der Waals surface area (Å²) in [7, 11) is 4.46. The van der Waals surface area contributed by atoms with Gasteiger partial charge in [-0.3, -0.25) is 4.98 Å². The zero-order chi connectivity index (χ0) is 14.7. The number of anilines is 1. The van der Waals surface area contributed by atoms with Crippen LogP contribution in [0.3, 0.4) is 0 Å². The molecule has 1 aliphatic heterocycles. The zero-order valence-electron chi connectivity index (χ0n) is 13.4. The minimum Gasteiger partial charge on any atom is -0.374 e.